The molecule has 1 aliphatic carbocycles. The first kappa shape index (κ1) is 17.3. The summed E-state index contributed by atoms with van der Waals surface area (Å²) < 4.78 is 37.6. The first-order valence-corrected chi connectivity index (χ1v) is 8.45. The van der Waals surface area contributed by atoms with Crippen LogP contribution in [0, 0.1) is 17.0 Å². The van der Waals surface area contributed by atoms with E-state index in [1.54, 1.807) is 18.2 Å². The molecule has 1 aliphatic heterocycles. The van der Waals surface area contributed by atoms with E-state index >= 15 is 0 Å². The van der Waals surface area contributed by atoms with Crippen molar-refractivity contribution >= 4 is 23.2 Å². The van der Waals surface area contributed by atoms with Gasteiger partial charge in [-0.2, -0.15) is 0 Å². The lowest BCUT2D eigenvalue weighted by Crippen LogP contribution is -2.35. The van der Waals surface area contributed by atoms with Gasteiger partial charge in [0.05, 0.1) is 5.69 Å². The number of carbonyl (C=O) groups excluding carboxylic acids is 2. The highest BCUT2D eigenvalue weighted by Crippen LogP contribution is 2.48. The van der Waals surface area contributed by atoms with E-state index in [0.29, 0.717) is 49.3 Å². The molecule has 140 valence electrons. The summed E-state index contributed by atoms with van der Waals surface area (Å²) in [5.74, 6) is -1.65. The molecule has 0 unspecified atom stereocenters. The van der Waals surface area contributed by atoms with Gasteiger partial charge in [-0.1, -0.05) is 0 Å². The summed E-state index contributed by atoms with van der Waals surface area (Å²) >= 11 is 0. The predicted molar refractivity (Wildman–Crippen MR) is 92.7 cm³/mol. The maximum absolute atomic E-state index is 13.7. The number of benzene rings is 2. The second-order valence-electron chi connectivity index (χ2n) is 6.47. The fourth-order valence-corrected chi connectivity index (χ4v) is 2.89. The van der Waals surface area contributed by atoms with Crippen molar-refractivity contribution in [1.29, 1.82) is 0 Å². The number of rotatable bonds is 4. The Morgan fingerprint density at radius 1 is 0.889 bits per heavy atom. The van der Waals surface area contributed by atoms with Crippen LogP contribution in [-0.4, -0.2) is 25.0 Å². The summed E-state index contributed by atoms with van der Waals surface area (Å²) in [6.45, 7) is 0.877. The highest BCUT2D eigenvalue weighted by Gasteiger charge is 2.56. The van der Waals surface area contributed by atoms with Crippen molar-refractivity contribution in [3.8, 4) is 11.5 Å². The zero-order valence-electron chi connectivity index (χ0n) is 14.2. The lowest BCUT2D eigenvalue weighted by atomic mass is 10.0. The topological polar surface area (TPSA) is 76.7 Å². The minimum Gasteiger partial charge on any atom is -0.486 e. The molecule has 6 nitrogen and oxygen atoms in total. The van der Waals surface area contributed by atoms with Gasteiger partial charge in [-0.25, -0.2) is 8.78 Å². The van der Waals surface area contributed by atoms with Gasteiger partial charge < -0.3 is 20.1 Å². The third-order valence-corrected chi connectivity index (χ3v) is 4.60. The molecule has 1 heterocycles. The van der Waals surface area contributed by atoms with Gasteiger partial charge in [0.25, 0.3) is 0 Å². The van der Waals surface area contributed by atoms with Gasteiger partial charge in [0, 0.05) is 17.8 Å². The number of hydrogen-bond acceptors (Lipinski definition) is 4. The van der Waals surface area contributed by atoms with Crippen LogP contribution in [0.25, 0.3) is 0 Å². The van der Waals surface area contributed by atoms with E-state index in [4.69, 9.17) is 9.47 Å². The summed E-state index contributed by atoms with van der Waals surface area (Å²) in [6.07, 6.45) is 0.691. The smallest absolute Gasteiger partial charge is 0.240 e. The highest BCUT2D eigenvalue weighted by molar-refractivity contribution is 6.17. The number of halogens is 2. The van der Waals surface area contributed by atoms with Crippen LogP contribution in [0.5, 0.6) is 11.5 Å². The summed E-state index contributed by atoms with van der Waals surface area (Å²) in [5, 5.41) is 5.07. The van der Waals surface area contributed by atoms with Crippen LogP contribution in [0.2, 0.25) is 0 Å². The SMILES string of the molecule is O=C(Nc1ccc2c(c1)OCCO2)C1(C(=O)Nc2ccc(F)cc2F)CC1. The average molecular weight is 374 g/mol. The zero-order chi connectivity index (χ0) is 19.0. The molecular weight excluding hydrogens is 358 g/mol. The standard InChI is InChI=1S/C19H16F2N2O4/c20-11-1-3-14(13(21)9-11)23-18(25)19(5-6-19)17(24)22-12-2-4-15-16(10-12)27-8-7-26-15/h1-4,9-10H,5-8H2,(H,22,24)(H,23,25). The minimum atomic E-state index is -1.27. The molecule has 2 N–H and O–H groups in total. The van der Waals surface area contributed by atoms with Gasteiger partial charge in [-0.3, -0.25) is 9.59 Å². The van der Waals surface area contributed by atoms with Crippen LogP contribution in [0.3, 0.4) is 0 Å². The number of fused-ring (bicyclic) bond motifs is 1. The maximum Gasteiger partial charge on any atom is 0.240 e. The van der Waals surface area contributed by atoms with Crippen molar-refractivity contribution in [2.45, 2.75) is 12.8 Å². The number of carbonyl (C=O) groups is 2. The Hall–Kier alpha value is -3.16. The fourth-order valence-electron chi connectivity index (χ4n) is 2.89. The summed E-state index contributed by atoms with van der Waals surface area (Å²) in [7, 11) is 0. The third-order valence-electron chi connectivity index (χ3n) is 4.60. The van der Waals surface area contributed by atoms with Crippen LogP contribution in [0.4, 0.5) is 20.2 Å². The Morgan fingerprint density at radius 3 is 2.30 bits per heavy atom. The number of hydrogen-bond donors (Lipinski definition) is 2. The molecule has 4 rings (SSSR count). The van der Waals surface area contributed by atoms with E-state index in [1.807, 2.05) is 0 Å². The van der Waals surface area contributed by atoms with Crippen LogP contribution in [0.15, 0.2) is 36.4 Å². The normalized spacial score (nSPS) is 16.4. The van der Waals surface area contributed by atoms with Crippen molar-refractivity contribution in [2.24, 2.45) is 5.41 Å². The summed E-state index contributed by atoms with van der Waals surface area (Å²) in [5.41, 5.74) is -0.968. The van der Waals surface area contributed by atoms with Crippen molar-refractivity contribution in [3.05, 3.63) is 48.0 Å². The molecule has 0 atom stereocenters. The highest BCUT2D eigenvalue weighted by atomic mass is 19.1. The molecule has 0 radical (unpaired) electrons. The molecule has 2 aromatic rings. The van der Waals surface area contributed by atoms with Crippen molar-refractivity contribution < 1.29 is 27.8 Å². The number of amides is 2. The van der Waals surface area contributed by atoms with Crippen molar-refractivity contribution in [3.63, 3.8) is 0 Å². The first-order chi connectivity index (χ1) is 13.0. The summed E-state index contributed by atoms with van der Waals surface area (Å²) in [4.78, 5) is 25.2. The lowest BCUT2D eigenvalue weighted by Gasteiger charge is -2.20. The molecule has 8 heteroatoms. The Kier molecular flexibility index (Phi) is 4.18. The number of ether oxygens (including phenoxy) is 2. The van der Waals surface area contributed by atoms with E-state index in [0.717, 1.165) is 12.1 Å². The average Bonchev–Trinajstić information content (AvgIpc) is 3.46. The molecule has 1 saturated carbocycles. The Balaban J connectivity index is 1.47. The zero-order valence-corrected chi connectivity index (χ0v) is 14.2. The van der Waals surface area contributed by atoms with E-state index in [-0.39, 0.29) is 5.69 Å². The molecule has 2 aromatic carbocycles. The first-order valence-electron chi connectivity index (χ1n) is 8.45. The molecule has 2 amide bonds. The van der Waals surface area contributed by atoms with Crippen LogP contribution in [0.1, 0.15) is 12.8 Å². The second-order valence-corrected chi connectivity index (χ2v) is 6.47. The van der Waals surface area contributed by atoms with E-state index in [9.17, 15) is 18.4 Å². The van der Waals surface area contributed by atoms with Gasteiger partial charge in [0.1, 0.15) is 30.3 Å². The van der Waals surface area contributed by atoms with Gasteiger partial charge in [-0.15, -0.1) is 0 Å². The summed E-state index contributed by atoms with van der Waals surface area (Å²) in [6, 6.07) is 7.78. The number of anilines is 2. The molecule has 0 saturated heterocycles. The molecule has 1 fully saturated rings. The third kappa shape index (κ3) is 3.30. The predicted octanol–water partition coefficient (Wildman–Crippen LogP) is 3.09. The van der Waals surface area contributed by atoms with Crippen LogP contribution in [-0.2, 0) is 9.59 Å². The Labute approximate surface area is 153 Å². The van der Waals surface area contributed by atoms with Gasteiger partial charge in [0.15, 0.2) is 11.5 Å². The van der Waals surface area contributed by atoms with E-state index in [1.165, 1.54) is 0 Å². The van der Waals surface area contributed by atoms with E-state index < -0.39 is 28.9 Å². The van der Waals surface area contributed by atoms with E-state index in [2.05, 4.69) is 10.6 Å². The Morgan fingerprint density at radius 2 is 1.59 bits per heavy atom. The van der Waals surface area contributed by atoms with Crippen LogP contribution >= 0.6 is 0 Å². The van der Waals surface area contributed by atoms with Gasteiger partial charge in [-0.05, 0) is 37.1 Å². The van der Waals surface area contributed by atoms with Gasteiger partial charge >= 0.3 is 0 Å². The molecule has 0 bridgehead atoms. The second kappa shape index (κ2) is 6.53. The molecule has 27 heavy (non-hydrogen) atoms. The minimum absolute atomic E-state index is 0.167. The number of nitrogens with one attached hydrogen (secondary N) is 2. The fraction of sp³-hybridized carbons (Fsp3) is 0.263. The largest absolute Gasteiger partial charge is 0.486 e. The van der Waals surface area contributed by atoms with Crippen molar-refractivity contribution in [2.75, 3.05) is 23.8 Å². The van der Waals surface area contributed by atoms with Gasteiger partial charge in [0.2, 0.25) is 11.8 Å². The molecule has 0 spiro atoms. The lowest BCUT2D eigenvalue weighted by molar-refractivity contribution is -0.131. The molecular formula is C19H16F2N2O4. The monoisotopic (exact) mass is 374 g/mol. The molecule has 2 aliphatic rings. The quantitative estimate of drug-likeness (QED) is 0.807. The van der Waals surface area contributed by atoms with Crippen molar-refractivity contribution in [1.82, 2.24) is 0 Å². The Bertz CT molecular complexity index is 928. The maximum atomic E-state index is 13.7. The molecule has 0 aromatic heterocycles. The van der Waals surface area contributed by atoms with Crippen LogP contribution < -0.4 is 20.1 Å².